The zero-order chi connectivity index (χ0) is 19.1. The van der Waals surface area contributed by atoms with E-state index in [9.17, 15) is 14.7 Å². The van der Waals surface area contributed by atoms with Crippen molar-refractivity contribution < 1.29 is 19.4 Å². The molecule has 3 rings (SSSR count). The van der Waals surface area contributed by atoms with Crippen LogP contribution >= 0.6 is 0 Å². The summed E-state index contributed by atoms with van der Waals surface area (Å²) in [5.41, 5.74) is 5.97. The van der Waals surface area contributed by atoms with E-state index in [4.69, 9.17) is 4.74 Å². The first-order valence-corrected chi connectivity index (χ1v) is 8.29. The lowest BCUT2D eigenvalue weighted by Crippen LogP contribution is -2.41. The van der Waals surface area contributed by atoms with E-state index in [2.05, 4.69) is 10.9 Å². The monoisotopic (exact) mass is 362 g/mol. The summed E-state index contributed by atoms with van der Waals surface area (Å²) in [7, 11) is 0. The van der Waals surface area contributed by atoms with Gasteiger partial charge in [-0.25, -0.2) is 0 Å². The van der Waals surface area contributed by atoms with E-state index >= 15 is 0 Å². The molecule has 136 valence electrons. The summed E-state index contributed by atoms with van der Waals surface area (Å²) in [5, 5.41) is 9.64. The number of hydrazine groups is 1. The van der Waals surface area contributed by atoms with E-state index in [1.165, 1.54) is 12.1 Å². The predicted molar refractivity (Wildman–Crippen MR) is 100 cm³/mol. The molecule has 0 heterocycles. The molecule has 0 radical (unpaired) electrons. The number of aromatic hydroxyl groups is 1. The van der Waals surface area contributed by atoms with Crippen LogP contribution < -0.4 is 15.6 Å². The molecular weight excluding hydrogens is 344 g/mol. The lowest BCUT2D eigenvalue weighted by molar-refractivity contribution is 0.0845. The second-order valence-electron chi connectivity index (χ2n) is 5.72. The number of amides is 2. The van der Waals surface area contributed by atoms with Crippen molar-refractivity contribution in [3.05, 3.63) is 95.6 Å². The van der Waals surface area contributed by atoms with Gasteiger partial charge in [0.2, 0.25) is 0 Å². The third-order valence-electron chi connectivity index (χ3n) is 3.80. The predicted octanol–water partition coefficient (Wildman–Crippen LogP) is 3.05. The van der Waals surface area contributed by atoms with Gasteiger partial charge < -0.3 is 9.84 Å². The fraction of sp³-hybridized carbons (Fsp3) is 0.0476. The topological polar surface area (TPSA) is 87.7 Å². The number of hydrogen-bond donors (Lipinski definition) is 3. The Hall–Kier alpha value is -3.80. The highest BCUT2D eigenvalue weighted by Crippen LogP contribution is 2.15. The van der Waals surface area contributed by atoms with E-state index in [0.29, 0.717) is 12.2 Å². The van der Waals surface area contributed by atoms with Gasteiger partial charge in [-0.15, -0.1) is 0 Å². The number of carbonyl (C=O) groups excluding carboxylic acids is 2. The molecule has 0 aliphatic heterocycles. The molecule has 6 nitrogen and oxygen atoms in total. The number of para-hydroxylation sites is 2. The van der Waals surface area contributed by atoms with Crippen LogP contribution in [0.3, 0.4) is 0 Å². The average molecular weight is 362 g/mol. The maximum Gasteiger partial charge on any atom is 0.273 e. The third kappa shape index (κ3) is 4.85. The highest BCUT2D eigenvalue weighted by atomic mass is 16.5. The lowest BCUT2D eigenvalue weighted by atomic mass is 10.1. The van der Waals surface area contributed by atoms with Crippen molar-refractivity contribution in [2.75, 3.05) is 0 Å². The zero-order valence-electron chi connectivity index (χ0n) is 14.4. The number of carbonyl (C=O) groups is 2. The van der Waals surface area contributed by atoms with Crippen LogP contribution in [0, 0.1) is 0 Å². The van der Waals surface area contributed by atoms with Crippen molar-refractivity contribution in [2.45, 2.75) is 6.61 Å². The van der Waals surface area contributed by atoms with Gasteiger partial charge in [-0.2, -0.15) is 0 Å². The second kappa shape index (κ2) is 8.53. The Morgan fingerprint density at radius 3 is 2.11 bits per heavy atom. The second-order valence-corrected chi connectivity index (χ2v) is 5.72. The summed E-state index contributed by atoms with van der Waals surface area (Å²) >= 11 is 0. The van der Waals surface area contributed by atoms with Crippen LogP contribution in [-0.2, 0) is 6.61 Å². The van der Waals surface area contributed by atoms with E-state index in [0.717, 1.165) is 11.3 Å². The van der Waals surface area contributed by atoms with Crippen molar-refractivity contribution in [1.82, 2.24) is 10.9 Å². The number of phenols is 1. The fourth-order valence-electron chi connectivity index (χ4n) is 2.35. The van der Waals surface area contributed by atoms with E-state index in [-0.39, 0.29) is 11.3 Å². The molecule has 0 fully saturated rings. The summed E-state index contributed by atoms with van der Waals surface area (Å²) in [6.07, 6.45) is 0. The van der Waals surface area contributed by atoms with Gasteiger partial charge in [0.15, 0.2) is 0 Å². The summed E-state index contributed by atoms with van der Waals surface area (Å²) in [6, 6.07) is 22.4. The largest absolute Gasteiger partial charge is 0.507 e. The van der Waals surface area contributed by atoms with Crippen LogP contribution in [0.5, 0.6) is 11.5 Å². The Balaban J connectivity index is 1.53. The number of hydrogen-bond acceptors (Lipinski definition) is 4. The molecule has 0 unspecified atom stereocenters. The van der Waals surface area contributed by atoms with Crippen molar-refractivity contribution >= 4 is 11.8 Å². The normalized spacial score (nSPS) is 10.1. The van der Waals surface area contributed by atoms with Crippen LogP contribution in [0.25, 0.3) is 0 Å². The minimum atomic E-state index is -0.602. The molecule has 0 bridgehead atoms. The SMILES string of the molecule is O=C(NNC(=O)c1ccccc1O)c1ccc(COc2ccccc2)cc1. The smallest absolute Gasteiger partial charge is 0.273 e. The van der Waals surface area contributed by atoms with Gasteiger partial charge in [-0.05, 0) is 42.0 Å². The third-order valence-corrected chi connectivity index (χ3v) is 3.80. The molecule has 0 atom stereocenters. The van der Waals surface area contributed by atoms with E-state index in [1.54, 1.807) is 36.4 Å². The first-order valence-electron chi connectivity index (χ1n) is 8.29. The van der Waals surface area contributed by atoms with Crippen LogP contribution in [0.15, 0.2) is 78.9 Å². The molecule has 2 amide bonds. The van der Waals surface area contributed by atoms with Crippen molar-refractivity contribution in [2.24, 2.45) is 0 Å². The molecule has 0 aliphatic carbocycles. The maximum absolute atomic E-state index is 12.1. The number of ether oxygens (including phenoxy) is 1. The molecular formula is C21H18N2O4. The molecule has 27 heavy (non-hydrogen) atoms. The molecule has 6 heteroatoms. The fourth-order valence-corrected chi connectivity index (χ4v) is 2.35. The number of rotatable bonds is 5. The molecule has 0 aliphatic rings. The minimum absolute atomic E-state index is 0.0752. The van der Waals surface area contributed by atoms with Gasteiger partial charge in [-0.3, -0.25) is 20.4 Å². The molecule has 0 aromatic heterocycles. The minimum Gasteiger partial charge on any atom is -0.507 e. The van der Waals surface area contributed by atoms with Gasteiger partial charge in [0.25, 0.3) is 11.8 Å². The quantitative estimate of drug-likeness (QED) is 0.609. The van der Waals surface area contributed by atoms with Crippen LogP contribution in [-0.4, -0.2) is 16.9 Å². The van der Waals surface area contributed by atoms with Crippen LogP contribution in [0.2, 0.25) is 0 Å². The van der Waals surface area contributed by atoms with E-state index in [1.807, 2.05) is 30.3 Å². The molecule has 3 aromatic rings. The summed E-state index contributed by atoms with van der Waals surface area (Å²) in [4.78, 5) is 24.1. The van der Waals surface area contributed by atoms with Crippen LogP contribution in [0.4, 0.5) is 0 Å². The van der Waals surface area contributed by atoms with Gasteiger partial charge in [0.05, 0.1) is 5.56 Å². The Labute approximate surface area is 156 Å². The van der Waals surface area contributed by atoms with Crippen molar-refractivity contribution in [3.8, 4) is 11.5 Å². The summed E-state index contributed by atoms with van der Waals surface area (Å²) in [6.45, 7) is 0.385. The van der Waals surface area contributed by atoms with E-state index < -0.39 is 11.8 Å². The summed E-state index contributed by atoms with van der Waals surface area (Å²) in [5.74, 6) is -0.457. The van der Waals surface area contributed by atoms with Gasteiger partial charge in [-0.1, -0.05) is 42.5 Å². The van der Waals surface area contributed by atoms with Crippen LogP contribution in [0.1, 0.15) is 26.3 Å². The number of benzene rings is 3. The standard InChI is InChI=1S/C21H18N2O4/c24-19-9-5-4-8-18(19)21(26)23-22-20(25)16-12-10-15(11-13-16)14-27-17-6-2-1-3-7-17/h1-13,24H,14H2,(H,22,25)(H,23,26). The highest BCUT2D eigenvalue weighted by molar-refractivity contribution is 6.00. The number of phenolic OH excluding ortho intramolecular Hbond substituents is 1. The first-order chi connectivity index (χ1) is 13.1. The Kier molecular flexibility index (Phi) is 5.69. The van der Waals surface area contributed by atoms with Crippen molar-refractivity contribution in [3.63, 3.8) is 0 Å². The molecule has 3 aromatic carbocycles. The van der Waals surface area contributed by atoms with Gasteiger partial charge in [0.1, 0.15) is 18.1 Å². The highest BCUT2D eigenvalue weighted by Gasteiger charge is 2.12. The zero-order valence-corrected chi connectivity index (χ0v) is 14.4. The molecule has 0 spiro atoms. The Morgan fingerprint density at radius 2 is 1.41 bits per heavy atom. The molecule has 3 N–H and O–H groups in total. The lowest BCUT2D eigenvalue weighted by Gasteiger charge is -2.09. The Bertz CT molecular complexity index is 924. The van der Waals surface area contributed by atoms with Gasteiger partial charge >= 0.3 is 0 Å². The van der Waals surface area contributed by atoms with Gasteiger partial charge in [0, 0.05) is 5.56 Å². The molecule has 0 saturated heterocycles. The average Bonchev–Trinajstić information content (AvgIpc) is 2.72. The Morgan fingerprint density at radius 1 is 0.778 bits per heavy atom. The van der Waals surface area contributed by atoms with Crippen molar-refractivity contribution in [1.29, 1.82) is 0 Å². The molecule has 0 saturated carbocycles. The summed E-state index contributed by atoms with van der Waals surface area (Å²) < 4.78 is 5.65. The maximum atomic E-state index is 12.1. The first kappa shape index (κ1) is 18.0. The number of nitrogens with one attached hydrogen (secondary N) is 2.